The maximum Gasteiger partial charge on any atom is 0.374 e. The first-order chi connectivity index (χ1) is 11.1. The van der Waals surface area contributed by atoms with Crippen LogP contribution in [0.5, 0.6) is 0 Å². The number of amides is 1. The Bertz CT molecular complexity index is 939. The second-order valence-electron chi connectivity index (χ2n) is 4.61. The quantitative estimate of drug-likeness (QED) is 0.746. The zero-order valence-electron chi connectivity index (χ0n) is 12.0. The van der Waals surface area contributed by atoms with Crippen molar-refractivity contribution in [1.29, 1.82) is 0 Å². The van der Waals surface area contributed by atoms with Crippen LogP contribution in [-0.2, 0) is 4.74 Å². The highest BCUT2D eigenvalue weighted by molar-refractivity contribution is 6.03. The number of carbonyl (C=O) groups is 2. The van der Waals surface area contributed by atoms with Gasteiger partial charge in [-0.2, -0.15) is 0 Å². The molecule has 7 nitrogen and oxygen atoms in total. The molecule has 7 heteroatoms. The van der Waals surface area contributed by atoms with Crippen LogP contribution in [0.4, 0.5) is 5.69 Å². The number of furan rings is 1. The topological polar surface area (TPSA) is 98.8 Å². The first-order valence-corrected chi connectivity index (χ1v) is 6.59. The number of hydrogen-bond acceptors (Lipinski definition) is 6. The molecule has 1 amide bonds. The molecule has 0 saturated carbocycles. The second kappa shape index (κ2) is 5.80. The summed E-state index contributed by atoms with van der Waals surface area (Å²) in [6.07, 6.45) is 1.39. The number of methoxy groups -OCH3 is 1. The van der Waals surface area contributed by atoms with Gasteiger partial charge in [0, 0.05) is 11.8 Å². The van der Waals surface area contributed by atoms with E-state index in [2.05, 4.69) is 10.1 Å². The largest absolute Gasteiger partial charge is 0.463 e. The van der Waals surface area contributed by atoms with Gasteiger partial charge in [-0.15, -0.1) is 0 Å². The normalized spacial score (nSPS) is 10.5. The van der Waals surface area contributed by atoms with E-state index in [0.29, 0.717) is 5.69 Å². The molecule has 1 aromatic carbocycles. The van der Waals surface area contributed by atoms with Crippen LogP contribution in [0.25, 0.3) is 11.0 Å². The minimum absolute atomic E-state index is 0.151. The SMILES string of the molecule is COC(=O)c1cc(=O)c2cc(NC(=O)c3ccco3)ccc2o1. The predicted octanol–water partition coefficient (Wildman–Crippen LogP) is 2.42. The summed E-state index contributed by atoms with van der Waals surface area (Å²) in [6, 6.07) is 8.66. The number of hydrogen-bond donors (Lipinski definition) is 1. The molecule has 2 heterocycles. The summed E-state index contributed by atoms with van der Waals surface area (Å²) in [4.78, 5) is 35.4. The van der Waals surface area contributed by atoms with Gasteiger partial charge in [0.05, 0.1) is 18.8 Å². The molecule has 0 aliphatic heterocycles. The highest BCUT2D eigenvalue weighted by Gasteiger charge is 2.14. The van der Waals surface area contributed by atoms with Gasteiger partial charge < -0.3 is 18.9 Å². The van der Waals surface area contributed by atoms with Gasteiger partial charge in [0.15, 0.2) is 11.2 Å². The highest BCUT2D eigenvalue weighted by atomic mass is 16.5. The molecule has 0 radical (unpaired) electrons. The van der Waals surface area contributed by atoms with Crippen LogP contribution in [0.1, 0.15) is 21.1 Å². The Hall–Kier alpha value is -3.35. The summed E-state index contributed by atoms with van der Waals surface area (Å²) in [5.74, 6) is -1.21. The Labute approximate surface area is 129 Å². The number of carbonyl (C=O) groups excluding carboxylic acids is 2. The van der Waals surface area contributed by atoms with Crippen molar-refractivity contribution in [3.8, 4) is 0 Å². The maximum atomic E-state index is 12.1. The average Bonchev–Trinajstić information content (AvgIpc) is 3.09. The Kier molecular flexibility index (Phi) is 3.68. The molecule has 0 unspecified atom stereocenters. The third kappa shape index (κ3) is 2.84. The molecule has 0 bridgehead atoms. The highest BCUT2D eigenvalue weighted by Crippen LogP contribution is 2.19. The lowest BCUT2D eigenvalue weighted by Crippen LogP contribution is -2.12. The van der Waals surface area contributed by atoms with Crippen LogP contribution in [0.15, 0.2) is 56.3 Å². The zero-order valence-corrected chi connectivity index (χ0v) is 12.0. The fourth-order valence-corrected chi connectivity index (χ4v) is 2.04. The summed E-state index contributed by atoms with van der Waals surface area (Å²) in [7, 11) is 1.19. The van der Waals surface area contributed by atoms with Crippen LogP contribution in [0, 0.1) is 0 Å². The summed E-state index contributed by atoms with van der Waals surface area (Å²) in [5.41, 5.74) is 0.201. The van der Waals surface area contributed by atoms with Crippen LogP contribution in [0.3, 0.4) is 0 Å². The molecule has 0 aliphatic carbocycles. The van der Waals surface area contributed by atoms with Crippen LogP contribution in [0.2, 0.25) is 0 Å². The third-order valence-corrected chi connectivity index (χ3v) is 3.12. The van der Waals surface area contributed by atoms with Gasteiger partial charge in [-0.1, -0.05) is 0 Å². The molecule has 116 valence electrons. The van der Waals surface area contributed by atoms with Crippen LogP contribution < -0.4 is 10.7 Å². The van der Waals surface area contributed by atoms with Crippen molar-refractivity contribution in [1.82, 2.24) is 0 Å². The van der Waals surface area contributed by atoms with Crippen molar-refractivity contribution in [2.75, 3.05) is 12.4 Å². The summed E-state index contributed by atoms with van der Waals surface area (Å²) in [5, 5.41) is 2.84. The van der Waals surface area contributed by atoms with E-state index >= 15 is 0 Å². The molecule has 2 aromatic heterocycles. The molecule has 3 aromatic rings. The van der Waals surface area contributed by atoms with E-state index in [-0.39, 0.29) is 22.5 Å². The molecule has 0 saturated heterocycles. The van der Waals surface area contributed by atoms with Crippen molar-refractivity contribution in [2.45, 2.75) is 0 Å². The van der Waals surface area contributed by atoms with Gasteiger partial charge in [0.2, 0.25) is 5.76 Å². The van der Waals surface area contributed by atoms with E-state index in [1.807, 2.05) is 0 Å². The first-order valence-electron chi connectivity index (χ1n) is 6.59. The van der Waals surface area contributed by atoms with Crippen LogP contribution in [-0.4, -0.2) is 19.0 Å². The van der Waals surface area contributed by atoms with E-state index in [9.17, 15) is 14.4 Å². The summed E-state index contributed by atoms with van der Waals surface area (Å²) in [6.45, 7) is 0. The smallest absolute Gasteiger partial charge is 0.374 e. The summed E-state index contributed by atoms with van der Waals surface area (Å²) >= 11 is 0. The number of rotatable bonds is 3. The molecule has 23 heavy (non-hydrogen) atoms. The number of ether oxygens (including phenoxy) is 1. The van der Waals surface area contributed by atoms with E-state index in [1.54, 1.807) is 12.1 Å². The lowest BCUT2D eigenvalue weighted by atomic mass is 10.2. The predicted molar refractivity (Wildman–Crippen MR) is 80.5 cm³/mol. The fourth-order valence-electron chi connectivity index (χ4n) is 2.04. The number of fused-ring (bicyclic) bond motifs is 1. The number of esters is 1. The lowest BCUT2D eigenvalue weighted by Gasteiger charge is -2.05. The molecule has 3 rings (SSSR count). The van der Waals surface area contributed by atoms with Crippen molar-refractivity contribution in [3.63, 3.8) is 0 Å². The van der Waals surface area contributed by atoms with Crippen LogP contribution >= 0.6 is 0 Å². The van der Waals surface area contributed by atoms with Crippen molar-refractivity contribution in [3.05, 3.63) is 64.4 Å². The second-order valence-corrected chi connectivity index (χ2v) is 4.61. The van der Waals surface area contributed by atoms with Crippen molar-refractivity contribution >= 4 is 28.5 Å². The van der Waals surface area contributed by atoms with E-state index in [0.717, 1.165) is 6.07 Å². The molecule has 0 aliphatic rings. The maximum absolute atomic E-state index is 12.1. The van der Waals surface area contributed by atoms with Gasteiger partial charge in [0.1, 0.15) is 5.58 Å². The monoisotopic (exact) mass is 313 g/mol. The van der Waals surface area contributed by atoms with Gasteiger partial charge in [-0.25, -0.2) is 4.79 Å². The minimum Gasteiger partial charge on any atom is -0.463 e. The Morgan fingerprint density at radius 2 is 1.96 bits per heavy atom. The molecular weight excluding hydrogens is 302 g/mol. The van der Waals surface area contributed by atoms with E-state index in [1.165, 1.54) is 31.6 Å². The molecule has 0 spiro atoms. The van der Waals surface area contributed by atoms with Crippen molar-refractivity contribution < 1.29 is 23.2 Å². The third-order valence-electron chi connectivity index (χ3n) is 3.12. The molecule has 0 atom stereocenters. The Balaban J connectivity index is 1.96. The van der Waals surface area contributed by atoms with E-state index in [4.69, 9.17) is 8.83 Å². The molecule has 1 N–H and O–H groups in total. The van der Waals surface area contributed by atoms with Gasteiger partial charge in [-0.3, -0.25) is 9.59 Å². The number of nitrogens with one attached hydrogen (secondary N) is 1. The Morgan fingerprint density at radius 1 is 1.13 bits per heavy atom. The van der Waals surface area contributed by atoms with Gasteiger partial charge in [-0.05, 0) is 30.3 Å². The van der Waals surface area contributed by atoms with Crippen molar-refractivity contribution in [2.24, 2.45) is 0 Å². The van der Waals surface area contributed by atoms with Gasteiger partial charge >= 0.3 is 5.97 Å². The molecule has 0 fully saturated rings. The molecular formula is C16H11NO6. The number of benzene rings is 1. The average molecular weight is 313 g/mol. The zero-order chi connectivity index (χ0) is 16.4. The standard InChI is InChI=1S/C16H11NO6/c1-21-16(20)14-8-11(18)10-7-9(4-5-12(10)23-14)17-15(19)13-3-2-6-22-13/h2-8H,1H3,(H,17,19). The van der Waals surface area contributed by atoms with E-state index < -0.39 is 17.3 Å². The Morgan fingerprint density at radius 3 is 2.65 bits per heavy atom. The minimum atomic E-state index is -0.737. The number of anilines is 1. The summed E-state index contributed by atoms with van der Waals surface area (Å²) < 4.78 is 14.8. The van der Waals surface area contributed by atoms with Gasteiger partial charge in [0.25, 0.3) is 5.91 Å². The fraction of sp³-hybridized carbons (Fsp3) is 0.0625. The lowest BCUT2D eigenvalue weighted by molar-refractivity contribution is 0.0565. The first kappa shape index (κ1) is 14.6.